The van der Waals surface area contributed by atoms with Crippen molar-refractivity contribution in [1.29, 1.82) is 0 Å². The topological polar surface area (TPSA) is 42.5 Å². The lowest BCUT2D eigenvalue weighted by Crippen LogP contribution is -2.18. The molecule has 0 unspecified atom stereocenters. The zero-order chi connectivity index (χ0) is 11.1. The summed E-state index contributed by atoms with van der Waals surface area (Å²) < 4.78 is 9.31. The van der Waals surface area contributed by atoms with Crippen LogP contribution in [-0.4, -0.2) is 54.1 Å². The van der Waals surface area contributed by atoms with E-state index < -0.39 is 0 Å². The summed E-state index contributed by atoms with van der Waals surface area (Å²) in [6.07, 6.45) is 1.23. The number of rotatable bonds is 8. The zero-order valence-corrected chi connectivity index (χ0v) is 10.1. The summed E-state index contributed by atoms with van der Waals surface area (Å²) >= 11 is 0. The van der Waals surface area contributed by atoms with E-state index >= 15 is 0 Å². The summed E-state index contributed by atoms with van der Waals surface area (Å²) in [5, 5.41) is 6.33. The van der Waals surface area contributed by atoms with Gasteiger partial charge >= 0.3 is 0 Å². The number of ether oxygens (including phenoxy) is 2. The predicted molar refractivity (Wildman–Crippen MR) is 67.6 cm³/mol. The highest BCUT2D eigenvalue weighted by molar-refractivity contribution is 4.44. The smallest absolute Gasteiger partial charge is 0.0696 e. The molecule has 2 N–H and O–H groups in total. The summed E-state index contributed by atoms with van der Waals surface area (Å²) in [5.41, 5.74) is 0. The van der Waals surface area contributed by atoms with Crippen molar-refractivity contribution in [1.82, 2.24) is 10.6 Å². The molecule has 0 aliphatic heterocycles. The first-order valence-corrected chi connectivity index (χ1v) is 5.16. The Morgan fingerprint density at radius 3 is 1.87 bits per heavy atom. The van der Waals surface area contributed by atoms with Crippen LogP contribution in [0.3, 0.4) is 0 Å². The Morgan fingerprint density at radius 1 is 1.00 bits per heavy atom. The maximum atomic E-state index is 4.66. The second kappa shape index (κ2) is 23.6. The molecule has 0 spiro atoms. The van der Waals surface area contributed by atoms with E-state index in [-0.39, 0.29) is 7.43 Å². The SMILES string of the molecule is C.CCNCCCNC.COCCOC. The van der Waals surface area contributed by atoms with E-state index in [0.717, 1.165) is 19.6 Å². The van der Waals surface area contributed by atoms with Gasteiger partial charge in [-0.3, -0.25) is 0 Å². The molecule has 4 nitrogen and oxygen atoms in total. The van der Waals surface area contributed by atoms with Gasteiger partial charge in [-0.25, -0.2) is 0 Å². The third-order valence-electron chi connectivity index (χ3n) is 1.52. The van der Waals surface area contributed by atoms with Gasteiger partial charge in [-0.05, 0) is 33.1 Å². The Balaban J connectivity index is -0.000000187. The molecular formula is C11H30N2O2. The largest absolute Gasteiger partial charge is 0.382 e. The number of hydrogen-bond donors (Lipinski definition) is 2. The molecule has 0 bridgehead atoms. The summed E-state index contributed by atoms with van der Waals surface area (Å²) in [6.45, 7) is 6.85. The van der Waals surface area contributed by atoms with E-state index in [2.05, 4.69) is 27.0 Å². The van der Waals surface area contributed by atoms with Gasteiger partial charge in [0, 0.05) is 14.2 Å². The van der Waals surface area contributed by atoms with Crippen LogP contribution in [-0.2, 0) is 9.47 Å². The third-order valence-corrected chi connectivity index (χ3v) is 1.52. The van der Waals surface area contributed by atoms with Crippen molar-refractivity contribution in [2.24, 2.45) is 0 Å². The van der Waals surface area contributed by atoms with E-state index in [1.165, 1.54) is 6.42 Å². The summed E-state index contributed by atoms with van der Waals surface area (Å²) in [7, 11) is 5.28. The average Bonchev–Trinajstić information content (AvgIpc) is 2.22. The molecule has 4 heteroatoms. The standard InChI is InChI=1S/C6H16N2.C4H10O2.CH4/c1-3-8-6-4-5-7-2;1-5-3-4-6-2;/h7-8H,3-6H2,1-2H3;3-4H2,1-2H3;1H4. The average molecular weight is 222 g/mol. The van der Waals surface area contributed by atoms with Crippen molar-refractivity contribution in [3.8, 4) is 0 Å². The van der Waals surface area contributed by atoms with Crippen LogP contribution in [0.2, 0.25) is 0 Å². The number of hydrogen-bond acceptors (Lipinski definition) is 4. The second-order valence-electron chi connectivity index (χ2n) is 2.80. The zero-order valence-electron chi connectivity index (χ0n) is 10.1. The third kappa shape index (κ3) is 31.6. The van der Waals surface area contributed by atoms with Crippen LogP contribution in [0.1, 0.15) is 20.8 Å². The molecule has 0 heterocycles. The van der Waals surface area contributed by atoms with E-state index in [1.807, 2.05) is 7.05 Å². The van der Waals surface area contributed by atoms with E-state index in [9.17, 15) is 0 Å². The Bertz CT molecular complexity index is 73.0. The maximum absolute atomic E-state index is 4.66. The van der Waals surface area contributed by atoms with E-state index in [1.54, 1.807) is 14.2 Å². The summed E-state index contributed by atoms with van der Waals surface area (Å²) in [6, 6.07) is 0. The molecule has 0 amide bonds. The molecule has 0 atom stereocenters. The number of methoxy groups -OCH3 is 2. The van der Waals surface area contributed by atoms with Crippen LogP contribution in [0.15, 0.2) is 0 Å². The van der Waals surface area contributed by atoms with Crippen molar-refractivity contribution in [3.05, 3.63) is 0 Å². The molecule has 0 aliphatic carbocycles. The molecule has 0 saturated carbocycles. The van der Waals surface area contributed by atoms with Crippen LogP contribution in [0.25, 0.3) is 0 Å². The van der Waals surface area contributed by atoms with Crippen molar-refractivity contribution >= 4 is 0 Å². The molecule has 0 saturated heterocycles. The van der Waals surface area contributed by atoms with E-state index in [4.69, 9.17) is 0 Å². The minimum atomic E-state index is 0. The van der Waals surface area contributed by atoms with Gasteiger partial charge < -0.3 is 20.1 Å². The van der Waals surface area contributed by atoms with Gasteiger partial charge in [0.2, 0.25) is 0 Å². The van der Waals surface area contributed by atoms with Gasteiger partial charge in [-0.15, -0.1) is 0 Å². The molecule has 0 aromatic carbocycles. The van der Waals surface area contributed by atoms with Crippen LogP contribution < -0.4 is 10.6 Å². The van der Waals surface area contributed by atoms with Crippen LogP contribution in [0.5, 0.6) is 0 Å². The lowest BCUT2D eigenvalue weighted by Gasteiger charge is -1.98. The molecule has 0 aromatic heterocycles. The Morgan fingerprint density at radius 2 is 1.53 bits per heavy atom. The van der Waals surface area contributed by atoms with Crippen LogP contribution in [0, 0.1) is 0 Å². The van der Waals surface area contributed by atoms with E-state index in [0.29, 0.717) is 13.2 Å². The Kier molecular flexibility index (Phi) is 31.9. The first-order valence-electron chi connectivity index (χ1n) is 5.16. The summed E-state index contributed by atoms with van der Waals surface area (Å²) in [4.78, 5) is 0. The predicted octanol–water partition coefficient (Wildman–Crippen LogP) is 1.12. The fourth-order valence-electron chi connectivity index (χ4n) is 0.734. The fourth-order valence-corrected chi connectivity index (χ4v) is 0.734. The van der Waals surface area contributed by atoms with Gasteiger partial charge in [0.15, 0.2) is 0 Å². The Labute approximate surface area is 95.7 Å². The van der Waals surface area contributed by atoms with Gasteiger partial charge in [-0.2, -0.15) is 0 Å². The van der Waals surface area contributed by atoms with Crippen molar-refractivity contribution in [3.63, 3.8) is 0 Å². The molecule has 0 fully saturated rings. The summed E-state index contributed by atoms with van der Waals surface area (Å²) in [5.74, 6) is 0. The van der Waals surface area contributed by atoms with Gasteiger partial charge in [0.05, 0.1) is 13.2 Å². The molecule has 0 radical (unpaired) electrons. The van der Waals surface area contributed by atoms with Gasteiger partial charge in [-0.1, -0.05) is 14.4 Å². The van der Waals surface area contributed by atoms with Crippen molar-refractivity contribution in [2.75, 3.05) is 54.1 Å². The highest BCUT2D eigenvalue weighted by Gasteiger charge is 1.80. The minimum absolute atomic E-state index is 0. The molecule has 15 heavy (non-hydrogen) atoms. The lowest BCUT2D eigenvalue weighted by molar-refractivity contribution is 0.103. The maximum Gasteiger partial charge on any atom is 0.0696 e. The fraction of sp³-hybridized carbons (Fsp3) is 1.00. The normalized spacial score (nSPS) is 8.80. The first kappa shape index (κ1) is 20.3. The minimum Gasteiger partial charge on any atom is -0.382 e. The van der Waals surface area contributed by atoms with Crippen LogP contribution >= 0.6 is 0 Å². The molecule has 0 aliphatic rings. The molecule has 0 aromatic rings. The van der Waals surface area contributed by atoms with Crippen molar-refractivity contribution < 1.29 is 9.47 Å². The first-order chi connectivity index (χ1) is 6.83. The molecular weight excluding hydrogens is 192 g/mol. The number of nitrogens with one attached hydrogen (secondary N) is 2. The second-order valence-corrected chi connectivity index (χ2v) is 2.80. The highest BCUT2D eigenvalue weighted by Crippen LogP contribution is 1.69. The van der Waals surface area contributed by atoms with Gasteiger partial charge in [0.1, 0.15) is 0 Å². The van der Waals surface area contributed by atoms with Crippen LogP contribution in [0.4, 0.5) is 0 Å². The van der Waals surface area contributed by atoms with Gasteiger partial charge in [0.25, 0.3) is 0 Å². The monoisotopic (exact) mass is 222 g/mol. The quantitative estimate of drug-likeness (QED) is 0.604. The molecule has 0 rings (SSSR count). The lowest BCUT2D eigenvalue weighted by atomic mass is 10.4. The Hall–Kier alpha value is -0.160. The van der Waals surface area contributed by atoms with Crippen molar-refractivity contribution in [2.45, 2.75) is 20.8 Å². The highest BCUT2D eigenvalue weighted by atomic mass is 16.5. The molecule has 96 valence electrons.